The molecule has 218 valence electrons. The van der Waals surface area contributed by atoms with E-state index in [1.54, 1.807) is 6.20 Å². The molecule has 1 atom stereocenters. The van der Waals surface area contributed by atoms with Gasteiger partial charge >= 0.3 is 0 Å². The minimum atomic E-state index is -0.454. The Balaban J connectivity index is 1.47. The Morgan fingerprint density at radius 3 is 2.50 bits per heavy atom. The van der Waals surface area contributed by atoms with Crippen molar-refractivity contribution in [3.63, 3.8) is 0 Å². The van der Waals surface area contributed by atoms with Gasteiger partial charge in [-0.2, -0.15) is 0 Å². The summed E-state index contributed by atoms with van der Waals surface area (Å²) in [5.74, 6) is 0.698. The summed E-state index contributed by atoms with van der Waals surface area (Å²) in [5.41, 5.74) is 12.8. The topological polar surface area (TPSA) is 128 Å². The van der Waals surface area contributed by atoms with Gasteiger partial charge in [0.15, 0.2) is 11.5 Å². The van der Waals surface area contributed by atoms with Crippen molar-refractivity contribution >= 4 is 34.1 Å². The van der Waals surface area contributed by atoms with Crippen molar-refractivity contribution in [3.05, 3.63) is 88.6 Å². The number of hydrogen-bond donors (Lipinski definition) is 4. The zero-order valence-corrected chi connectivity index (χ0v) is 24.3. The zero-order chi connectivity index (χ0) is 29.6. The normalized spacial score (nSPS) is 13.9. The summed E-state index contributed by atoms with van der Waals surface area (Å²) >= 11 is 0. The highest BCUT2D eigenvalue weighted by Gasteiger charge is 2.27. The lowest BCUT2D eigenvalue weighted by Gasteiger charge is -2.20. The SMILES string of the molecule is CCOc1cc2ncc(CC(N)=O)c(Nc3cccc(CNC(=O)C4NCc5ccccc54)c3CC)c2cc1OCC. The van der Waals surface area contributed by atoms with Gasteiger partial charge < -0.3 is 25.8 Å². The van der Waals surface area contributed by atoms with Crippen molar-refractivity contribution in [1.29, 1.82) is 0 Å². The second kappa shape index (κ2) is 12.9. The largest absolute Gasteiger partial charge is 0.490 e. The van der Waals surface area contributed by atoms with Crippen LogP contribution >= 0.6 is 0 Å². The number of amides is 2. The quantitative estimate of drug-likeness (QED) is 0.193. The standard InChI is InChI=1S/C33H37N5O4/c1-4-23-20(18-37-33(40)32-24-12-8-7-10-21(24)17-36-32)11-9-13-26(23)38-31-22(14-30(34)39)19-35-27-16-29(42-6-3)28(41-5-2)15-25(27)31/h7-13,15-16,19,32,36H,4-6,14,17-18H2,1-3H3,(H2,34,39)(H,35,38)(H,37,40). The fourth-order valence-corrected chi connectivity index (χ4v) is 5.53. The lowest BCUT2D eigenvalue weighted by molar-refractivity contribution is -0.123. The van der Waals surface area contributed by atoms with Gasteiger partial charge in [0.05, 0.1) is 30.8 Å². The highest BCUT2D eigenvalue weighted by atomic mass is 16.5. The van der Waals surface area contributed by atoms with Crippen LogP contribution in [0.25, 0.3) is 10.9 Å². The maximum Gasteiger partial charge on any atom is 0.242 e. The second-order valence-corrected chi connectivity index (χ2v) is 10.1. The van der Waals surface area contributed by atoms with E-state index < -0.39 is 5.91 Å². The van der Waals surface area contributed by atoms with Crippen molar-refractivity contribution in [2.45, 2.75) is 52.7 Å². The fourth-order valence-electron chi connectivity index (χ4n) is 5.53. The maximum atomic E-state index is 13.1. The number of primary amides is 1. The molecule has 42 heavy (non-hydrogen) atoms. The molecule has 0 bridgehead atoms. The first-order valence-electron chi connectivity index (χ1n) is 14.4. The highest BCUT2D eigenvalue weighted by Crippen LogP contribution is 2.38. The molecule has 1 unspecified atom stereocenters. The van der Waals surface area contributed by atoms with E-state index in [1.165, 1.54) is 0 Å². The van der Waals surface area contributed by atoms with Gasteiger partial charge in [0.1, 0.15) is 6.04 Å². The molecule has 4 aromatic rings. The van der Waals surface area contributed by atoms with Gasteiger partial charge in [-0.05, 0) is 54.7 Å². The van der Waals surface area contributed by atoms with Gasteiger partial charge in [-0.15, -0.1) is 0 Å². The average molecular weight is 568 g/mol. The second-order valence-electron chi connectivity index (χ2n) is 10.1. The minimum absolute atomic E-state index is 0.0233. The number of hydrogen-bond acceptors (Lipinski definition) is 7. The summed E-state index contributed by atoms with van der Waals surface area (Å²) in [5, 5.41) is 10.8. The monoisotopic (exact) mass is 567 g/mol. The van der Waals surface area contributed by atoms with E-state index >= 15 is 0 Å². The molecular weight excluding hydrogens is 530 g/mol. The molecule has 9 heteroatoms. The highest BCUT2D eigenvalue weighted by molar-refractivity contribution is 5.98. The number of aromatic nitrogens is 1. The Labute approximate surface area is 245 Å². The van der Waals surface area contributed by atoms with Crippen LogP contribution < -0.4 is 31.2 Å². The predicted octanol–water partition coefficient (Wildman–Crippen LogP) is 4.83. The van der Waals surface area contributed by atoms with Crippen molar-refractivity contribution in [2.75, 3.05) is 18.5 Å². The van der Waals surface area contributed by atoms with Crippen LogP contribution in [0.2, 0.25) is 0 Å². The number of ether oxygens (including phenoxy) is 2. The molecule has 3 aromatic carbocycles. The molecule has 0 fully saturated rings. The van der Waals surface area contributed by atoms with Gasteiger partial charge in [-0.3, -0.25) is 19.9 Å². The van der Waals surface area contributed by atoms with Gasteiger partial charge in [-0.25, -0.2) is 0 Å². The number of nitrogens with two attached hydrogens (primary N) is 1. The van der Waals surface area contributed by atoms with E-state index in [2.05, 4.69) is 27.9 Å². The number of anilines is 2. The number of pyridine rings is 1. The molecule has 9 nitrogen and oxygen atoms in total. The number of nitrogens with one attached hydrogen (secondary N) is 3. The van der Waals surface area contributed by atoms with Crippen molar-refractivity contribution in [3.8, 4) is 11.5 Å². The molecule has 0 saturated carbocycles. The Hall–Kier alpha value is -4.63. The first-order chi connectivity index (χ1) is 20.4. The first kappa shape index (κ1) is 28.9. The molecule has 1 aliphatic rings. The van der Waals surface area contributed by atoms with Crippen molar-refractivity contribution in [1.82, 2.24) is 15.6 Å². The van der Waals surface area contributed by atoms with E-state index in [0.29, 0.717) is 48.9 Å². The third-order valence-electron chi connectivity index (χ3n) is 7.44. The lowest BCUT2D eigenvalue weighted by atomic mass is 10.0. The smallest absolute Gasteiger partial charge is 0.242 e. The molecule has 0 saturated heterocycles. The first-order valence-corrected chi connectivity index (χ1v) is 14.4. The Kier molecular flexibility index (Phi) is 8.88. The molecule has 2 heterocycles. The number of rotatable bonds is 12. The third kappa shape index (κ3) is 6.01. The summed E-state index contributed by atoms with van der Waals surface area (Å²) in [6.07, 6.45) is 2.43. The van der Waals surface area contributed by atoms with E-state index in [-0.39, 0.29) is 18.4 Å². The van der Waals surface area contributed by atoms with E-state index in [4.69, 9.17) is 15.2 Å². The third-order valence-corrected chi connectivity index (χ3v) is 7.44. The van der Waals surface area contributed by atoms with E-state index in [9.17, 15) is 9.59 Å². The Morgan fingerprint density at radius 2 is 1.76 bits per heavy atom. The number of benzene rings is 3. The number of fused-ring (bicyclic) bond motifs is 2. The van der Waals surface area contributed by atoms with Crippen LogP contribution in [0.5, 0.6) is 11.5 Å². The summed E-state index contributed by atoms with van der Waals surface area (Å²) in [6.45, 7) is 7.94. The lowest BCUT2D eigenvalue weighted by Crippen LogP contribution is -2.34. The number of carbonyl (C=O) groups is 2. The molecule has 5 rings (SSSR count). The number of carbonyl (C=O) groups excluding carboxylic acids is 2. The van der Waals surface area contributed by atoms with Crippen molar-refractivity contribution in [2.24, 2.45) is 5.73 Å². The van der Waals surface area contributed by atoms with Gasteiger partial charge in [0, 0.05) is 42.0 Å². The fraction of sp³-hybridized carbons (Fsp3) is 0.303. The van der Waals surface area contributed by atoms with Gasteiger partial charge in [0.2, 0.25) is 11.8 Å². The van der Waals surface area contributed by atoms with Crippen LogP contribution in [0.4, 0.5) is 11.4 Å². The molecule has 0 radical (unpaired) electrons. The predicted molar refractivity (Wildman–Crippen MR) is 164 cm³/mol. The number of nitrogens with zero attached hydrogens (tertiary/aromatic N) is 1. The van der Waals surface area contributed by atoms with Gasteiger partial charge in [0.25, 0.3) is 0 Å². The molecular formula is C33H37N5O4. The van der Waals surface area contributed by atoms with Crippen LogP contribution in [0.3, 0.4) is 0 Å². The van der Waals surface area contributed by atoms with Crippen LogP contribution in [0, 0.1) is 0 Å². The van der Waals surface area contributed by atoms with Crippen LogP contribution in [0.15, 0.2) is 60.8 Å². The summed E-state index contributed by atoms with van der Waals surface area (Å²) in [7, 11) is 0. The average Bonchev–Trinajstić information content (AvgIpc) is 3.42. The van der Waals surface area contributed by atoms with Crippen LogP contribution in [0.1, 0.15) is 54.6 Å². The molecule has 5 N–H and O–H groups in total. The molecule has 2 amide bonds. The maximum absolute atomic E-state index is 13.1. The van der Waals surface area contributed by atoms with Crippen LogP contribution in [-0.4, -0.2) is 30.0 Å². The Morgan fingerprint density at radius 1 is 1.00 bits per heavy atom. The Bertz CT molecular complexity index is 1620. The summed E-state index contributed by atoms with van der Waals surface area (Å²) < 4.78 is 11.7. The van der Waals surface area contributed by atoms with E-state index in [1.807, 2.05) is 68.4 Å². The van der Waals surface area contributed by atoms with E-state index in [0.717, 1.165) is 45.4 Å². The summed E-state index contributed by atoms with van der Waals surface area (Å²) in [6, 6.07) is 17.4. The molecule has 0 aliphatic carbocycles. The van der Waals surface area contributed by atoms with Gasteiger partial charge in [-0.1, -0.05) is 43.3 Å². The van der Waals surface area contributed by atoms with Crippen molar-refractivity contribution < 1.29 is 19.1 Å². The molecule has 0 spiro atoms. The minimum Gasteiger partial charge on any atom is -0.490 e. The molecule has 1 aliphatic heterocycles. The summed E-state index contributed by atoms with van der Waals surface area (Å²) in [4.78, 5) is 29.8. The molecule has 1 aromatic heterocycles. The van der Waals surface area contributed by atoms with Crippen LogP contribution in [-0.2, 0) is 35.5 Å². The zero-order valence-electron chi connectivity index (χ0n) is 24.3.